The van der Waals surface area contributed by atoms with E-state index in [0.29, 0.717) is 29.3 Å². The number of ether oxygens (including phenoxy) is 2. The highest BCUT2D eigenvalue weighted by molar-refractivity contribution is 5.91. The van der Waals surface area contributed by atoms with Gasteiger partial charge in [0.25, 0.3) is 5.56 Å². The first-order valence-electron chi connectivity index (χ1n) is 7.33. The highest BCUT2D eigenvalue weighted by Crippen LogP contribution is 2.34. The number of carbonyl (C=O) groups excluding carboxylic acids is 1. The number of hydrogen-bond donors (Lipinski definition) is 2. The minimum absolute atomic E-state index is 0.123. The minimum atomic E-state index is -0.407. The first-order chi connectivity index (χ1) is 11.6. The number of carbonyl (C=O) groups is 1. The van der Waals surface area contributed by atoms with Crippen LogP contribution < -0.4 is 25.7 Å². The molecule has 0 saturated heterocycles. The molecule has 8 heteroatoms. The van der Waals surface area contributed by atoms with E-state index in [9.17, 15) is 9.59 Å². The van der Waals surface area contributed by atoms with Crippen molar-refractivity contribution in [2.24, 2.45) is 0 Å². The van der Waals surface area contributed by atoms with Crippen LogP contribution in [0, 0.1) is 6.92 Å². The maximum atomic E-state index is 12.0. The molecule has 0 aliphatic rings. The van der Waals surface area contributed by atoms with E-state index in [1.165, 1.54) is 31.3 Å². The number of amides is 2. The molecule has 0 unspecified atom stereocenters. The fourth-order valence-electron chi connectivity index (χ4n) is 2.16. The number of benzene rings is 1. The van der Waals surface area contributed by atoms with E-state index >= 15 is 0 Å². The first kappa shape index (κ1) is 17.3. The van der Waals surface area contributed by atoms with Crippen LogP contribution in [-0.2, 0) is 6.54 Å². The second-order valence-electron chi connectivity index (χ2n) is 5.00. The number of methoxy groups -OCH3 is 2. The number of anilines is 1. The van der Waals surface area contributed by atoms with Crippen LogP contribution in [0.5, 0.6) is 11.5 Å². The van der Waals surface area contributed by atoms with Gasteiger partial charge in [-0.05, 0) is 19.1 Å². The molecule has 0 bridgehead atoms. The molecule has 24 heavy (non-hydrogen) atoms. The van der Waals surface area contributed by atoms with Gasteiger partial charge in [0, 0.05) is 24.8 Å². The summed E-state index contributed by atoms with van der Waals surface area (Å²) in [5, 5.41) is 5.37. The molecule has 1 aromatic carbocycles. The number of para-hydroxylation sites is 1. The predicted molar refractivity (Wildman–Crippen MR) is 89.8 cm³/mol. The number of nitrogens with one attached hydrogen (secondary N) is 2. The van der Waals surface area contributed by atoms with Crippen molar-refractivity contribution in [3.63, 3.8) is 0 Å². The monoisotopic (exact) mass is 332 g/mol. The highest BCUT2D eigenvalue weighted by atomic mass is 16.5. The van der Waals surface area contributed by atoms with Gasteiger partial charge in [-0.2, -0.15) is 0 Å². The first-order valence-corrected chi connectivity index (χ1v) is 7.33. The van der Waals surface area contributed by atoms with E-state index in [0.717, 1.165) is 0 Å². The number of hydrogen-bond acceptors (Lipinski definition) is 5. The molecule has 1 heterocycles. The Kier molecular flexibility index (Phi) is 5.78. The van der Waals surface area contributed by atoms with Crippen LogP contribution in [0.1, 0.15) is 5.56 Å². The summed E-state index contributed by atoms with van der Waals surface area (Å²) in [7, 11) is 3.02. The van der Waals surface area contributed by atoms with E-state index < -0.39 is 6.03 Å². The zero-order valence-electron chi connectivity index (χ0n) is 13.8. The molecular weight excluding hydrogens is 312 g/mol. The Bertz CT molecular complexity index is 773. The lowest BCUT2D eigenvalue weighted by molar-refractivity contribution is 0.251. The second kappa shape index (κ2) is 8.00. The fourth-order valence-corrected chi connectivity index (χ4v) is 2.16. The van der Waals surface area contributed by atoms with Crippen LogP contribution in [0.25, 0.3) is 0 Å². The zero-order valence-corrected chi connectivity index (χ0v) is 13.8. The van der Waals surface area contributed by atoms with Crippen LogP contribution in [0.2, 0.25) is 0 Å². The molecule has 2 N–H and O–H groups in total. The molecule has 0 atom stereocenters. The Morgan fingerprint density at radius 1 is 1.29 bits per heavy atom. The normalized spacial score (nSPS) is 10.1. The Hall–Kier alpha value is -3.03. The van der Waals surface area contributed by atoms with Gasteiger partial charge in [0.2, 0.25) is 0 Å². The quantitative estimate of drug-likeness (QED) is 0.833. The Morgan fingerprint density at radius 3 is 2.79 bits per heavy atom. The number of nitrogens with zero attached hydrogens (tertiary/aromatic N) is 2. The van der Waals surface area contributed by atoms with Crippen molar-refractivity contribution in [1.82, 2.24) is 14.9 Å². The van der Waals surface area contributed by atoms with Gasteiger partial charge in [0.05, 0.1) is 26.2 Å². The fraction of sp³-hybridized carbons (Fsp3) is 0.312. The number of aryl methyl sites for hydroxylation is 1. The van der Waals surface area contributed by atoms with E-state index in [1.54, 1.807) is 25.1 Å². The molecule has 8 nitrogen and oxygen atoms in total. The van der Waals surface area contributed by atoms with Crippen LogP contribution in [0.3, 0.4) is 0 Å². The summed E-state index contributed by atoms with van der Waals surface area (Å²) in [6, 6.07) is 4.78. The maximum absolute atomic E-state index is 12.0. The molecule has 0 aliphatic carbocycles. The molecule has 0 fully saturated rings. The van der Waals surface area contributed by atoms with E-state index in [1.807, 2.05) is 0 Å². The number of rotatable bonds is 6. The minimum Gasteiger partial charge on any atom is -0.493 e. The average Bonchev–Trinajstić information content (AvgIpc) is 2.58. The van der Waals surface area contributed by atoms with Gasteiger partial charge in [-0.15, -0.1) is 0 Å². The summed E-state index contributed by atoms with van der Waals surface area (Å²) in [4.78, 5) is 27.8. The molecule has 1 aromatic heterocycles. The zero-order chi connectivity index (χ0) is 17.5. The molecule has 0 saturated carbocycles. The third kappa shape index (κ3) is 4.03. The summed E-state index contributed by atoms with van der Waals surface area (Å²) in [6.07, 6.45) is 2.95. The van der Waals surface area contributed by atoms with Crippen LogP contribution in [0.15, 0.2) is 35.5 Å². The predicted octanol–water partition coefficient (Wildman–Crippen LogP) is 1.39. The van der Waals surface area contributed by atoms with Crippen molar-refractivity contribution < 1.29 is 14.3 Å². The van der Waals surface area contributed by atoms with E-state index in [4.69, 9.17) is 9.47 Å². The smallest absolute Gasteiger partial charge is 0.319 e. The molecule has 0 spiro atoms. The van der Waals surface area contributed by atoms with Crippen molar-refractivity contribution in [2.75, 3.05) is 26.1 Å². The topological polar surface area (TPSA) is 94.5 Å². The van der Waals surface area contributed by atoms with Crippen LogP contribution >= 0.6 is 0 Å². The molecule has 0 radical (unpaired) electrons. The molecule has 0 aliphatic heterocycles. The van der Waals surface area contributed by atoms with Gasteiger partial charge in [0.15, 0.2) is 11.5 Å². The molecule has 2 amide bonds. The van der Waals surface area contributed by atoms with Gasteiger partial charge < -0.3 is 20.1 Å². The summed E-state index contributed by atoms with van der Waals surface area (Å²) in [5.74, 6) is 0.960. The summed E-state index contributed by atoms with van der Waals surface area (Å²) >= 11 is 0. The van der Waals surface area contributed by atoms with Gasteiger partial charge in [-0.25, -0.2) is 9.78 Å². The number of urea groups is 1. The maximum Gasteiger partial charge on any atom is 0.319 e. The lowest BCUT2D eigenvalue weighted by Gasteiger charge is -2.14. The Morgan fingerprint density at radius 2 is 2.08 bits per heavy atom. The summed E-state index contributed by atoms with van der Waals surface area (Å²) in [6.45, 7) is 2.31. The SMILES string of the molecule is COc1cccc(NC(=O)NCCn2cncc(C)c2=O)c1OC. The third-order valence-electron chi connectivity index (χ3n) is 3.36. The standard InChI is InChI=1S/C16H20N4O4/c1-11-9-17-10-20(15(11)21)8-7-18-16(22)19-12-5-4-6-13(23-2)14(12)24-3/h4-6,9-10H,7-8H2,1-3H3,(H2,18,19,22). The van der Waals surface area contributed by atoms with Crippen molar-refractivity contribution in [1.29, 1.82) is 0 Å². The molecule has 2 aromatic rings. The molecule has 128 valence electrons. The Labute approximate surface area is 139 Å². The van der Waals surface area contributed by atoms with Gasteiger partial charge in [0.1, 0.15) is 0 Å². The van der Waals surface area contributed by atoms with Crippen LogP contribution in [-0.4, -0.2) is 36.3 Å². The second-order valence-corrected chi connectivity index (χ2v) is 5.00. The highest BCUT2D eigenvalue weighted by Gasteiger charge is 2.11. The third-order valence-corrected chi connectivity index (χ3v) is 3.36. The summed E-state index contributed by atoms with van der Waals surface area (Å²) < 4.78 is 11.9. The van der Waals surface area contributed by atoms with Crippen molar-refractivity contribution in [3.05, 3.63) is 46.6 Å². The summed E-state index contributed by atoms with van der Waals surface area (Å²) in [5.41, 5.74) is 0.925. The van der Waals surface area contributed by atoms with Crippen molar-refractivity contribution in [3.8, 4) is 11.5 Å². The van der Waals surface area contributed by atoms with Crippen molar-refractivity contribution in [2.45, 2.75) is 13.5 Å². The van der Waals surface area contributed by atoms with Gasteiger partial charge >= 0.3 is 6.03 Å². The van der Waals surface area contributed by atoms with E-state index in [2.05, 4.69) is 15.6 Å². The van der Waals surface area contributed by atoms with E-state index in [-0.39, 0.29) is 12.1 Å². The average molecular weight is 332 g/mol. The van der Waals surface area contributed by atoms with Gasteiger partial charge in [-0.3, -0.25) is 9.36 Å². The molecular formula is C16H20N4O4. The lowest BCUT2D eigenvalue weighted by atomic mass is 10.2. The number of aromatic nitrogens is 2. The van der Waals surface area contributed by atoms with Crippen molar-refractivity contribution >= 4 is 11.7 Å². The van der Waals surface area contributed by atoms with Crippen LogP contribution in [0.4, 0.5) is 10.5 Å². The molecule has 2 rings (SSSR count). The largest absolute Gasteiger partial charge is 0.493 e. The van der Waals surface area contributed by atoms with Gasteiger partial charge in [-0.1, -0.05) is 6.07 Å². The lowest BCUT2D eigenvalue weighted by Crippen LogP contribution is -2.34. The Balaban J connectivity index is 1.95.